The van der Waals surface area contributed by atoms with E-state index in [-0.39, 0.29) is 4.90 Å². The van der Waals surface area contributed by atoms with Crippen molar-refractivity contribution in [1.82, 2.24) is 4.72 Å². The molecule has 2 N–H and O–H groups in total. The molecule has 0 aliphatic heterocycles. The lowest BCUT2D eigenvalue weighted by atomic mass is 10.3. The third kappa shape index (κ3) is 3.44. The van der Waals surface area contributed by atoms with Gasteiger partial charge in [0.15, 0.2) is 0 Å². The van der Waals surface area contributed by atoms with Crippen LogP contribution in [0.1, 0.15) is 6.92 Å². The van der Waals surface area contributed by atoms with Crippen molar-refractivity contribution in [3.8, 4) is 5.75 Å². The number of rotatable bonds is 5. The first-order valence-electron chi connectivity index (χ1n) is 4.86. The third-order valence-electron chi connectivity index (χ3n) is 2.14. The normalized spacial score (nSPS) is 13.1. The Kier molecular flexibility index (Phi) is 4.71. The summed E-state index contributed by atoms with van der Waals surface area (Å²) in [6.07, 6.45) is 0. The summed E-state index contributed by atoms with van der Waals surface area (Å²) in [5.41, 5.74) is 0. The molecule has 18 heavy (non-hydrogen) atoms. The Bertz CT molecular complexity index is 557. The zero-order valence-electron chi connectivity index (χ0n) is 9.68. The molecule has 0 aliphatic carbocycles. The number of sulfonamides is 1. The van der Waals surface area contributed by atoms with Crippen LogP contribution in [0.2, 0.25) is 0 Å². The van der Waals surface area contributed by atoms with Crippen molar-refractivity contribution in [2.24, 2.45) is 0 Å². The Morgan fingerprint density at radius 1 is 1.50 bits per heavy atom. The van der Waals surface area contributed by atoms with Crippen LogP contribution in [-0.2, 0) is 14.8 Å². The van der Waals surface area contributed by atoms with E-state index in [9.17, 15) is 13.2 Å². The Morgan fingerprint density at radius 2 is 2.11 bits per heavy atom. The zero-order chi connectivity index (χ0) is 13.9. The number of benzene rings is 1. The van der Waals surface area contributed by atoms with E-state index in [1.165, 1.54) is 32.2 Å². The van der Waals surface area contributed by atoms with Gasteiger partial charge in [0.25, 0.3) is 0 Å². The minimum Gasteiger partial charge on any atom is -0.496 e. The molecule has 0 saturated heterocycles. The summed E-state index contributed by atoms with van der Waals surface area (Å²) >= 11 is 3.16. The maximum absolute atomic E-state index is 11.9. The van der Waals surface area contributed by atoms with Gasteiger partial charge < -0.3 is 9.84 Å². The van der Waals surface area contributed by atoms with Gasteiger partial charge in [-0.1, -0.05) is 0 Å². The fraction of sp³-hybridized carbons (Fsp3) is 0.300. The van der Waals surface area contributed by atoms with E-state index >= 15 is 0 Å². The van der Waals surface area contributed by atoms with Crippen LogP contribution in [0.3, 0.4) is 0 Å². The van der Waals surface area contributed by atoms with Crippen molar-refractivity contribution < 1.29 is 23.1 Å². The maximum atomic E-state index is 11.9. The molecule has 0 amide bonds. The fourth-order valence-corrected chi connectivity index (χ4v) is 3.08. The lowest BCUT2D eigenvalue weighted by Crippen LogP contribution is -2.38. The summed E-state index contributed by atoms with van der Waals surface area (Å²) in [5.74, 6) is -0.758. The summed E-state index contributed by atoms with van der Waals surface area (Å²) < 4.78 is 31.2. The van der Waals surface area contributed by atoms with Crippen molar-refractivity contribution in [2.45, 2.75) is 17.9 Å². The lowest BCUT2D eigenvalue weighted by Gasteiger charge is -2.11. The molecule has 0 spiro atoms. The van der Waals surface area contributed by atoms with Crippen LogP contribution in [0.4, 0.5) is 0 Å². The van der Waals surface area contributed by atoms with Crippen LogP contribution in [0, 0.1) is 0 Å². The van der Waals surface area contributed by atoms with Crippen molar-refractivity contribution >= 4 is 31.9 Å². The lowest BCUT2D eigenvalue weighted by molar-refractivity contribution is -0.138. The second-order valence-corrected chi connectivity index (χ2v) is 6.05. The molecule has 0 bridgehead atoms. The van der Waals surface area contributed by atoms with E-state index in [0.29, 0.717) is 10.2 Å². The number of aliphatic carboxylic acids is 1. The average Bonchev–Trinajstić information content (AvgIpc) is 2.28. The predicted molar refractivity (Wildman–Crippen MR) is 68.1 cm³/mol. The molecule has 0 saturated carbocycles. The van der Waals surface area contributed by atoms with E-state index in [1.807, 2.05) is 4.72 Å². The highest BCUT2D eigenvalue weighted by Crippen LogP contribution is 2.27. The highest BCUT2D eigenvalue weighted by molar-refractivity contribution is 9.10. The van der Waals surface area contributed by atoms with E-state index in [1.54, 1.807) is 0 Å². The summed E-state index contributed by atoms with van der Waals surface area (Å²) in [7, 11) is -2.41. The number of hydrogen-bond donors (Lipinski definition) is 2. The molecule has 0 unspecified atom stereocenters. The Hall–Kier alpha value is -1.12. The number of carboxylic acids is 1. The van der Waals surface area contributed by atoms with Crippen LogP contribution in [0.5, 0.6) is 5.75 Å². The van der Waals surface area contributed by atoms with Crippen molar-refractivity contribution in [3.63, 3.8) is 0 Å². The standard InChI is InChI=1S/C10H12BrNO5S/c1-6(10(13)14)12-18(15,16)7-3-4-9(17-2)8(11)5-7/h3-6,12H,1-2H3,(H,13,14)/t6-/m0/s1. The largest absolute Gasteiger partial charge is 0.496 e. The summed E-state index contributed by atoms with van der Waals surface area (Å²) in [6.45, 7) is 1.25. The number of carboxylic acid groups (broad SMARTS) is 1. The molecule has 6 nitrogen and oxygen atoms in total. The molecular weight excluding hydrogens is 326 g/mol. The molecule has 8 heteroatoms. The smallest absolute Gasteiger partial charge is 0.321 e. The third-order valence-corrected chi connectivity index (χ3v) is 4.29. The molecule has 0 heterocycles. The SMILES string of the molecule is COc1ccc(S(=O)(=O)N[C@@H](C)C(=O)O)cc1Br. The number of ether oxygens (including phenoxy) is 1. The summed E-state index contributed by atoms with van der Waals surface area (Å²) in [4.78, 5) is 10.6. The van der Waals surface area contributed by atoms with Gasteiger partial charge in [0.05, 0.1) is 16.5 Å². The van der Waals surface area contributed by atoms with Gasteiger partial charge in [0.1, 0.15) is 11.8 Å². The summed E-state index contributed by atoms with van der Waals surface area (Å²) in [5, 5.41) is 8.67. The van der Waals surface area contributed by atoms with Crippen LogP contribution >= 0.6 is 15.9 Å². The van der Waals surface area contributed by atoms with Crippen LogP contribution in [-0.4, -0.2) is 32.6 Å². The second kappa shape index (κ2) is 5.68. The first-order valence-corrected chi connectivity index (χ1v) is 7.14. The molecular formula is C10H12BrNO5S. The zero-order valence-corrected chi connectivity index (χ0v) is 12.1. The number of nitrogens with one attached hydrogen (secondary N) is 1. The van der Waals surface area contributed by atoms with Gasteiger partial charge in [0.2, 0.25) is 10.0 Å². The second-order valence-electron chi connectivity index (χ2n) is 3.48. The van der Waals surface area contributed by atoms with E-state index in [4.69, 9.17) is 9.84 Å². The number of hydrogen-bond acceptors (Lipinski definition) is 4. The molecule has 1 aromatic carbocycles. The Balaban J connectivity index is 3.06. The molecule has 0 aliphatic rings. The Morgan fingerprint density at radius 3 is 2.56 bits per heavy atom. The van der Waals surface area contributed by atoms with Crippen LogP contribution < -0.4 is 9.46 Å². The molecule has 0 fully saturated rings. The van der Waals surface area contributed by atoms with E-state index in [0.717, 1.165) is 0 Å². The molecule has 1 aromatic rings. The summed E-state index contributed by atoms with van der Waals surface area (Å²) in [6, 6.07) is 2.95. The topological polar surface area (TPSA) is 92.7 Å². The van der Waals surface area contributed by atoms with Gasteiger partial charge in [-0.3, -0.25) is 4.79 Å². The van der Waals surface area contributed by atoms with Gasteiger partial charge >= 0.3 is 5.97 Å². The van der Waals surface area contributed by atoms with Gasteiger partial charge in [-0.15, -0.1) is 0 Å². The quantitative estimate of drug-likeness (QED) is 0.842. The molecule has 1 atom stereocenters. The minimum atomic E-state index is -3.87. The minimum absolute atomic E-state index is 0.0386. The highest BCUT2D eigenvalue weighted by Gasteiger charge is 2.22. The van der Waals surface area contributed by atoms with Crippen molar-refractivity contribution in [3.05, 3.63) is 22.7 Å². The highest BCUT2D eigenvalue weighted by atomic mass is 79.9. The molecule has 1 rings (SSSR count). The number of halogens is 1. The fourth-order valence-electron chi connectivity index (χ4n) is 1.17. The molecule has 0 aromatic heterocycles. The van der Waals surface area contributed by atoms with E-state index < -0.39 is 22.0 Å². The van der Waals surface area contributed by atoms with Crippen molar-refractivity contribution in [1.29, 1.82) is 0 Å². The Labute approximate surface area is 113 Å². The number of methoxy groups -OCH3 is 1. The van der Waals surface area contributed by atoms with Crippen molar-refractivity contribution in [2.75, 3.05) is 7.11 Å². The van der Waals surface area contributed by atoms with Crippen LogP contribution in [0.15, 0.2) is 27.6 Å². The first kappa shape index (κ1) is 14.9. The molecule has 0 radical (unpaired) electrons. The van der Waals surface area contributed by atoms with Gasteiger partial charge in [-0.25, -0.2) is 8.42 Å². The van der Waals surface area contributed by atoms with Gasteiger partial charge in [-0.2, -0.15) is 4.72 Å². The molecule has 100 valence electrons. The van der Waals surface area contributed by atoms with Gasteiger partial charge in [-0.05, 0) is 41.1 Å². The van der Waals surface area contributed by atoms with Gasteiger partial charge in [0, 0.05) is 0 Å². The van der Waals surface area contributed by atoms with E-state index in [2.05, 4.69) is 15.9 Å². The monoisotopic (exact) mass is 337 g/mol. The first-order chi connectivity index (χ1) is 8.27. The predicted octanol–water partition coefficient (Wildman–Crippen LogP) is 1.21. The maximum Gasteiger partial charge on any atom is 0.321 e. The number of carbonyl (C=O) groups is 1. The average molecular weight is 338 g/mol. The van der Waals surface area contributed by atoms with Crippen LogP contribution in [0.25, 0.3) is 0 Å².